The molecule has 0 spiro atoms. The Bertz CT molecular complexity index is 503. The van der Waals surface area contributed by atoms with E-state index in [2.05, 4.69) is 40.8 Å². The summed E-state index contributed by atoms with van der Waals surface area (Å²) in [7, 11) is 2.09. The van der Waals surface area contributed by atoms with Crippen LogP contribution in [0.4, 0.5) is 5.82 Å². The minimum Gasteiger partial charge on any atom is -0.358 e. The Hall–Kier alpha value is -1.62. The van der Waals surface area contributed by atoms with E-state index in [4.69, 9.17) is 0 Å². The van der Waals surface area contributed by atoms with E-state index in [-0.39, 0.29) is 0 Å². The normalized spacial score (nSPS) is 11.4. The van der Waals surface area contributed by atoms with Gasteiger partial charge in [0.15, 0.2) is 5.65 Å². The zero-order chi connectivity index (χ0) is 13.7. The first-order valence-electron chi connectivity index (χ1n) is 6.98. The number of aromatic nitrogens is 3. The monoisotopic (exact) mass is 261 g/mol. The molecular weight excluding hydrogens is 238 g/mol. The van der Waals surface area contributed by atoms with Gasteiger partial charge in [0.05, 0.1) is 0 Å². The maximum Gasteiger partial charge on any atom is 0.153 e. The smallest absolute Gasteiger partial charge is 0.153 e. The molecule has 0 N–H and O–H groups in total. The van der Waals surface area contributed by atoms with Gasteiger partial charge in [0, 0.05) is 26.0 Å². The van der Waals surface area contributed by atoms with Crippen molar-refractivity contribution in [2.75, 3.05) is 38.1 Å². The van der Waals surface area contributed by atoms with Gasteiger partial charge >= 0.3 is 0 Å². The zero-order valence-corrected chi connectivity index (χ0v) is 12.1. The summed E-state index contributed by atoms with van der Waals surface area (Å²) >= 11 is 0. The first-order chi connectivity index (χ1) is 9.24. The molecule has 0 aliphatic heterocycles. The number of anilines is 1. The van der Waals surface area contributed by atoms with Crippen LogP contribution in [0.15, 0.2) is 24.5 Å². The zero-order valence-electron chi connectivity index (χ0n) is 12.1. The molecule has 0 fully saturated rings. The lowest BCUT2D eigenvalue weighted by molar-refractivity contribution is 0.301. The molecule has 0 aliphatic rings. The van der Waals surface area contributed by atoms with Crippen molar-refractivity contribution >= 4 is 11.5 Å². The summed E-state index contributed by atoms with van der Waals surface area (Å²) in [4.78, 5) is 8.84. The van der Waals surface area contributed by atoms with Crippen LogP contribution in [0.5, 0.6) is 0 Å². The van der Waals surface area contributed by atoms with Crippen LogP contribution in [-0.2, 0) is 0 Å². The molecule has 0 amide bonds. The summed E-state index contributed by atoms with van der Waals surface area (Å²) in [5.74, 6) is 0.991. The number of nitrogens with zero attached hydrogens (tertiary/aromatic N) is 5. The molecule has 19 heavy (non-hydrogen) atoms. The SMILES string of the molecule is CCN(CC)CCCN(C)c1ccc2nccn2n1. The van der Waals surface area contributed by atoms with Gasteiger partial charge in [-0.25, -0.2) is 9.50 Å². The van der Waals surface area contributed by atoms with Crippen LogP contribution >= 0.6 is 0 Å². The van der Waals surface area contributed by atoms with E-state index in [0.29, 0.717) is 0 Å². The molecule has 5 heteroatoms. The van der Waals surface area contributed by atoms with Crippen LogP contribution < -0.4 is 4.90 Å². The molecule has 2 aromatic heterocycles. The van der Waals surface area contributed by atoms with Crippen molar-refractivity contribution in [2.45, 2.75) is 20.3 Å². The largest absolute Gasteiger partial charge is 0.358 e. The van der Waals surface area contributed by atoms with Gasteiger partial charge in [0.2, 0.25) is 0 Å². The molecule has 0 aromatic carbocycles. The van der Waals surface area contributed by atoms with Gasteiger partial charge < -0.3 is 9.80 Å². The summed E-state index contributed by atoms with van der Waals surface area (Å²) in [6.07, 6.45) is 4.80. The average molecular weight is 261 g/mol. The van der Waals surface area contributed by atoms with E-state index >= 15 is 0 Å². The maximum atomic E-state index is 4.54. The van der Waals surface area contributed by atoms with Crippen molar-refractivity contribution in [3.63, 3.8) is 0 Å². The Morgan fingerprint density at radius 2 is 1.95 bits per heavy atom. The maximum absolute atomic E-state index is 4.54. The summed E-state index contributed by atoms with van der Waals surface area (Å²) in [6.45, 7) is 8.83. The van der Waals surface area contributed by atoms with Crippen molar-refractivity contribution in [1.82, 2.24) is 19.5 Å². The van der Waals surface area contributed by atoms with Gasteiger partial charge in [-0.1, -0.05) is 13.8 Å². The first-order valence-corrected chi connectivity index (χ1v) is 6.98. The first kappa shape index (κ1) is 13.8. The molecular formula is C14H23N5. The highest BCUT2D eigenvalue weighted by Gasteiger charge is 2.05. The highest BCUT2D eigenvalue weighted by Crippen LogP contribution is 2.10. The lowest BCUT2D eigenvalue weighted by atomic mass is 10.3. The molecule has 0 saturated heterocycles. The third-order valence-electron chi connectivity index (χ3n) is 3.49. The van der Waals surface area contributed by atoms with Gasteiger partial charge in [-0.2, -0.15) is 0 Å². The molecule has 0 aliphatic carbocycles. The highest BCUT2D eigenvalue weighted by atomic mass is 15.3. The van der Waals surface area contributed by atoms with Crippen molar-refractivity contribution in [3.05, 3.63) is 24.5 Å². The lowest BCUT2D eigenvalue weighted by Gasteiger charge is -2.21. The topological polar surface area (TPSA) is 36.7 Å². The molecule has 0 unspecified atom stereocenters. The Morgan fingerprint density at radius 1 is 1.16 bits per heavy atom. The Balaban J connectivity index is 1.90. The van der Waals surface area contributed by atoms with E-state index in [0.717, 1.165) is 44.1 Å². The van der Waals surface area contributed by atoms with Crippen LogP contribution in [0.1, 0.15) is 20.3 Å². The number of imidazole rings is 1. The molecule has 0 saturated carbocycles. The number of rotatable bonds is 7. The fourth-order valence-electron chi connectivity index (χ4n) is 2.19. The molecule has 104 valence electrons. The molecule has 2 aromatic rings. The summed E-state index contributed by atoms with van der Waals surface area (Å²) in [5.41, 5.74) is 0.889. The van der Waals surface area contributed by atoms with Crippen molar-refractivity contribution < 1.29 is 0 Å². The van der Waals surface area contributed by atoms with Crippen molar-refractivity contribution in [2.24, 2.45) is 0 Å². The van der Waals surface area contributed by atoms with E-state index in [1.807, 2.05) is 22.8 Å². The van der Waals surface area contributed by atoms with Gasteiger partial charge in [-0.3, -0.25) is 0 Å². The number of hydrogen-bond donors (Lipinski definition) is 0. The second-order valence-electron chi connectivity index (χ2n) is 4.72. The van der Waals surface area contributed by atoms with Crippen LogP contribution in [0.25, 0.3) is 5.65 Å². The third-order valence-corrected chi connectivity index (χ3v) is 3.49. The van der Waals surface area contributed by atoms with Gasteiger partial charge in [0.25, 0.3) is 0 Å². The predicted octanol–water partition coefficient (Wildman–Crippen LogP) is 1.90. The predicted molar refractivity (Wildman–Crippen MR) is 78.7 cm³/mol. The van der Waals surface area contributed by atoms with Crippen molar-refractivity contribution in [3.8, 4) is 0 Å². The van der Waals surface area contributed by atoms with Crippen LogP contribution in [0.2, 0.25) is 0 Å². The summed E-state index contributed by atoms with van der Waals surface area (Å²) in [5, 5.41) is 4.54. The summed E-state index contributed by atoms with van der Waals surface area (Å²) < 4.78 is 1.82. The Morgan fingerprint density at radius 3 is 2.68 bits per heavy atom. The van der Waals surface area contributed by atoms with E-state index in [1.54, 1.807) is 6.20 Å². The third kappa shape index (κ3) is 3.44. The van der Waals surface area contributed by atoms with Gasteiger partial charge in [-0.05, 0) is 38.2 Å². The van der Waals surface area contributed by atoms with E-state index in [9.17, 15) is 0 Å². The average Bonchev–Trinajstić information content (AvgIpc) is 2.90. The van der Waals surface area contributed by atoms with Crippen LogP contribution in [0.3, 0.4) is 0 Å². The molecule has 2 rings (SSSR count). The Kier molecular flexibility index (Phi) is 4.74. The fourth-order valence-corrected chi connectivity index (χ4v) is 2.19. The molecule has 5 nitrogen and oxygen atoms in total. The second-order valence-corrected chi connectivity index (χ2v) is 4.72. The van der Waals surface area contributed by atoms with Crippen molar-refractivity contribution in [1.29, 1.82) is 0 Å². The minimum absolute atomic E-state index is 0.889. The highest BCUT2D eigenvalue weighted by molar-refractivity contribution is 5.45. The molecule has 0 radical (unpaired) electrons. The standard InChI is InChI=1S/C14H23N5/c1-4-18(5-2)11-6-10-17(3)14-8-7-13-15-9-12-19(13)16-14/h7-9,12H,4-6,10-11H2,1-3H3. The minimum atomic E-state index is 0.889. The molecule has 2 heterocycles. The number of hydrogen-bond acceptors (Lipinski definition) is 4. The molecule has 0 atom stereocenters. The number of fused-ring (bicyclic) bond motifs is 1. The quantitative estimate of drug-likeness (QED) is 0.763. The van der Waals surface area contributed by atoms with Crippen LogP contribution in [-0.4, -0.2) is 52.7 Å². The van der Waals surface area contributed by atoms with Crippen LogP contribution in [0, 0.1) is 0 Å². The fraction of sp³-hybridized carbons (Fsp3) is 0.571. The second kappa shape index (κ2) is 6.52. The van der Waals surface area contributed by atoms with Gasteiger partial charge in [0.1, 0.15) is 5.82 Å². The van der Waals surface area contributed by atoms with E-state index in [1.165, 1.54) is 0 Å². The van der Waals surface area contributed by atoms with E-state index < -0.39 is 0 Å². The van der Waals surface area contributed by atoms with Gasteiger partial charge in [-0.15, -0.1) is 5.10 Å². The molecule has 0 bridgehead atoms. The lowest BCUT2D eigenvalue weighted by Crippen LogP contribution is -2.28. The Labute approximate surface area is 114 Å². The summed E-state index contributed by atoms with van der Waals surface area (Å²) in [6, 6.07) is 4.03.